The summed E-state index contributed by atoms with van der Waals surface area (Å²) in [5, 5.41) is 4.45. The highest BCUT2D eigenvalue weighted by Gasteiger charge is 2.36. The summed E-state index contributed by atoms with van der Waals surface area (Å²) in [6.07, 6.45) is 0.637. The number of fused-ring (bicyclic) bond motifs is 1. The molecule has 1 aliphatic heterocycles. The van der Waals surface area contributed by atoms with Gasteiger partial charge in [-0.3, -0.25) is 19.2 Å². The van der Waals surface area contributed by atoms with Crippen LogP contribution in [0.1, 0.15) is 40.3 Å². The van der Waals surface area contributed by atoms with Crippen molar-refractivity contribution in [1.82, 2.24) is 4.98 Å². The molecule has 9 heteroatoms. The Morgan fingerprint density at radius 3 is 2.67 bits per heavy atom. The predicted octanol–water partition coefficient (Wildman–Crippen LogP) is 3.74. The molecule has 1 N–H and O–H groups in total. The summed E-state index contributed by atoms with van der Waals surface area (Å²) in [5.41, 5.74) is 2.11. The van der Waals surface area contributed by atoms with E-state index in [0.717, 1.165) is 16.9 Å². The van der Waals surface area contributed by atoms with Crippen molar-refractivity contribution in [3.8, 4) is 0 Å². The number of hydrogen-bond acceptors (Lipinski definition) is 6. The van der Waals surface area contributed by atoms with E-state index in [1.807, 2.05) is 25.1 Å². The zero-order chi connectivity index (χ0) is 21.5. The topological polar surface area (TPSA) is 96.4 Å². The second kappa shape index (κ2) is 7.66. The first-order valence-corrected chi connectivity index (χ1v) is 11.6. The standard InChI is InChI=1S/C21H19N3O4S2/c1-13-10-15-6-3-4-9-19(15)24(13)30(27,28)17-8-5-7-16(11-17)20(26)23-21-22-18(12-29-21)14(2)25/h3-9,11-13H,10H2,1-2H3,(H,22,23,26). The van der Waals surface area contributed by atoms with Crippen LogP contribution in [0.5, 0.6) is 0 Å². The van der Waals surface area contributed by atoms with E-state index in [0.29, 0.717) is 12.1 Å². The van der Waals surface area contributed by atoms with Crippen LogP contribution >= 0.6 is 11.3 Å². The third kappa shape index (κ3) is 3.61. The minimum absolute atomic E-state index is 0.0438. The maximum atomic E-state index is 13.4. The number of Topliss-reactive ketones (excluding diaryl/α,β-unsaturated/α-hetero) is 1. The number of carbonyl (C=O) groups excluding carboxylic acids is 2. The van der Waals surface area contributed by atoms with Crippen molar-refractivity contribution in [3.05, 3.63) is 70.7 Å². The van der Waals surface area contributed by atoms with Gasteiger partial charge in [-0.1, -0.05) is 24.3 Å². The van der Waals surface area contributed by atoms with Crippen LogP contribution in [0, 0.1) is 0 Å². The number of nitrogens with zero attached hydrogens (tertiary/aromatic N) is 2. The molecule has 1 amide bonds. The third-order valence-corrected chi connectivity index (χ3v) is 7.56. The van der Waals surface area contributed by atoms with Crippen molar-refractivity contribution in [1.29, 1.82) is 0 Å². The van der Waals surface area contributed by atoms with Gasteiger partial charge in [0.2, 0.25) is 0 Å². The highest BCUT2D eigenvalue weighted by atomic mass is 32.2. The molecule has 1 atom stereocenters. The Hall–Kier alpha value is -3.04. The van der Waals surface area contributed by atoms with E-state index in [9.17, 15) is 18.0 Å². The first-order chi connectivity index (χ1) is 14.3. The second-order valence-electron chi connectivity index (χ2n) is 7.06. The molecule has 2 aromatic carbocycles. The number of hydrogen-bond donors (Lipinski definition) is 1. The molecule has 30 heavy (non-hydrogen) atoms. The maximum absolute atomic E-state index is 13.4. The summed E-state index contributed by atoms with van der Waals surface area (Å²) in [6, 6.07) is 13.1. The van der Waals surface area contributed by atoms with E-state index in [1.165, 1.54) is 35.5 Å². The van der Waals surface area contributed by atoms with Gasteiger partial charge in [-0.25, -0.2) is 13.4 Å². The van der Waals surface area contributed by atoms with Crippen LogP contribution in [-0.4, -0.2) is 31.1 Å². The number of thiazole rings is 1. The number of sulfonamides is 1. The van der Waals surface area contributed by atoms with Gasteiger partial charge in [-0.2, -0.15) is 0 Å². The molecule has 1 unspecified atom stereocenters. The summed E-state index contributed by atoms with van der Waals surface area (Å²) < 4.78 is 28.1. The number of benzene rings is 2. The average Bonchev–Trinajstić information content (AvgIpc) is 3.31. The molecule has 7 nitrogen and oxygen atoms in total. The van der Waals surface area contributed by atoms with E-state index in [1.54, 1.807) is 11.4 Å². The van der Waals surface area contributed by atoms with E-state index >= 15 is 0 Å². The molecule has 3 aromatic rings. The molecule has 0 aliphatic carbocycles. The van der Waals surface area contributed by atoms with Crippen LogP contribution in [0.3, 0.4) is 0 Å². The maximum Gasteiger partial charge on any atom is 0.264 e. The molecular formula is C21H19N3O4S2. The molecule has 0 fully saturated rings. The molecule has 2 heterocycles. The quantitative estimate of drug-likeness (QED) is 0.609. The summed E-state index contributed by atoms with van der Waals surface area (Å²) in [7, 11) is -3.84. The molecule has 0 bridgehead atoms. The van der Waals surface area contributed by atoms with Gasteiger partial charge in [0.15, 0.2) is 10.9 Å². The fourth-order valence-corrected chi connectivity index (χ4v) is 5.96. The lowest BCUT2D eigenvalue weighted by atomic mass is 10.1. The molecule has 0 radical (unpaired) electrons. The number of nitrogens with one attached hydrogen (secondary N) is 1. The second-order valence-corrected chi connectivity index (χ2v) is 9.73. The highest BCUT2D eigenvalue weighted by molar-refractivity contribution is 7.92. The lowest BCUT2D eigenvalue weighted by Crippen LogP contribution is -2.35. The highest BCUT2D eigenvalue weighted by Crippen LogP contribution is 2.36. The molecule has 4 rings (SSSR count). The number of para-hydroxylation sites is 1. The predicted molar refractivity (Wildman–Crippen MR) is 116 cm³/mol. The summed E-state index contributed by atoms with van der Waals surface area (Å²) in [6.45, 7) is 3.26. The fraction of sp³-hybridized carbons (Fsp3) is 0.190. The van der Waals surface area contributed by atoms with Crippen LogP contribution in [0.15, 0.2) is 58.8 Å². The van der Waals surface area contributed by atoms with Crippen molar-refractivity contribution >= 4 is 43.9 Å². The summed E-state index contributed by atoms with van der Waals surface area (Å²) >= 11 is 1.13. The van der Waals surface area contributed by atoms with Gasteiger partial charge >= 0.3 is 0 Å². The van der Waals surface area contributed by atoms with Crippen LogP contribution in [0.25, 0.3) is 0 Å². The number of carbonyl (C=O) groups is 2. The van der Waals surface area contributed by atoms with Crippen LogP contribution < -0.4 is 9.62 Å². The number of rotatable bonds is 5. The van der Waals surface area contributed by atoms with Gasteiger partial charge in [0.05, 0.1) is 10.6 Å². The van der Waals surface area contributed by atoms with Crippen LogP contribution in [0.2, 0.25) is 0 Å². The monoisotopic (exact) mass is 441 g/mol. The zero-order valence-corrected chi connectivity index (χ0v) is 18.0. The molecule has 0 saturated carbocycles. The molecule has 0 spiro atoms. The summed E-state index contributed by atoms with van der Waals surface area (Å²) in [4.78, 5) is 28.1. The number of aromatic nitrogens is 1. The fourth-order valence-electron chi connectivity index (χ4n) is 3.48. The van der Waals surface area contributed by atoms with Gasteiger partial charge < -0.3 is 0 Å². The van der Waals surface area contributed by atoms with Crippen molar-refractivity contribution < 1.29 is 18.0 Å². The Balaban J connectivity index is 1.62. The van der Waals surface area contributed by atoms with Crippen LogP contribution in [-0.2, 0) is 16.4 Å². The first-order valence-electron chi connectivity index (χ1n) is 9.27. The lowest BCUT2D eigenvalue weighted by molar-refractivity contribution is 0.100. The third-order valence-electron chi connectivity index (χ3n) is 4.88. The summed E-state index contributed by atoms with van der Waals surface area (Å²) in [5.74, 6) is -0.689. The van der Waals surface area contributed by atoms with E-state index in [4.69, 9.17) is 0 Å². The Labute approximate surface area is 178 Å². The van der Waals surface area contributed by atoms with Gasteiger partial charge in [0.1, 0.15) is 5.69 Å². The van der Waals surface area contributed by atoms with E-state index in [-0.39, 0.29) is 33.1 Å². The minimum atomic E-state index is -3.84. The molecule has 1 aromatic heterocycles. The normalized spacial score (nSPS) is 15.7. The first kappa shape index (κ1) is 20.2. The van der Waals surface area contributed by atoms with Crippen LogP contribution in [0.4, 0.5) is 10.8 Å². The van der Waals surface area contributed by atoms with Gasteiger partial charge in [0.25, 0.3) is 15.9 Å². The van der Waals surface area contributed by atoms with E-state index in [2.05, 4.69) is 10.3 Å². The van der Waals surface area contributed by atoms with E-state index < -0.39 is 15.9 Å². The van der Waals surface area contributed by atoms with Crippen molar-refractivity contribution in [2.24, 2.45) is 0 Å². The Morgan fingerprint density at radius 1 is 1.17 bits per heavy atom. The zero-order valence-electron chi connectivity index (χ0n) is 16.3. The number of anilines is 2. The van der Waals surface area contributed by atoms with Gasteiger partial charge in [-0.05, 0) is 43.2 Å². The Morgan fingerprint density at radius 2 is 1.93 bits per heavy atom. The Bertz CT molecular complexity index is 1250. The molecule has 0 saturated heterocycles. The SMILES string of the molecule is CC(=O)c1csc(NC(=O)c2cccc(S(=O)(=O)N3c4ccccc4CC3C)c2)n1. The molecule has 154 valence electrons. The van der Waals surface area contributed by atoms with Gasteiger partial charge in [-0.15, -0.1) is 11.3 Å². The largest absolute Gasteiger partial charge is 0.298 e. The van der Waals surface area contributed by atoms with Crippen molar-refractivity contribution in [2.75, 3.05) is 9.62 Å². The number of ketones is 1. The molecule has 1 aliphatic rings. The van der Waals surface area contributed by atoms with Crippen molar-refractivity contribution in [3.63, 3.8) is 0 Å². The molecular weight excluding hydrogens is 422 g/mol. The smallest absolute Gasteiger partial charge is 0.264 e. The number of amides is 1. The minimum Gasteiger partial charge on any atom is -0.298 e. The van der Waals surface area contributed by atoms with Crippen molar-refractivity contribution in [2.45, 2.75) is 31.2 Å². The van der Waals surface area contributed by atoms with Gasteiger partial charge in [0, 0.05) is 23.9 Å². The average molecular weight is 442 g/mol. The lowest BCUT2D eigenvalue weighted by Gasteiger charge is -2.24. The Kier molecular flexibility index (Phi) is 5.17.